The zero-order valence-corrected chi connectivity index (χ0v) is 13.4. The lowest BCUT2D eigenvalue weighted by Crippen LogP contribution is -2.07. The Bertz CT molecular complexity index is 576. The van der Waals surface area contributed by atoms with E-state index in [4.69, 9.17) is 0 Å². The van der Waals surface area contributed by atoms with Gasteiger partial charge in [-0.15, -0.1) is 0 Å². The molecule has 0 saturated carbocycles. The second-order valence-corrected chi connectivity index (χ2v) is 6.10. The summed E-state index contributed by atoms with van der Waals surface area (Å²) in [5.74, 6) is 1.28. The highest BCUT2D eigenvalue weighted by Crippen LogP contribution is 2.33. The Morgan fingerprint density at radius 1 is 0.857 bits per heavy atom. The molecule has 0 aromatic heterocycles. The summed E-state index contributed by atoms with van der Waals surface area (Å²) in [6.07, 6.45) is 0. The van der Waals surface area contributed by atoms with E-state index in [2.05, 4.69) is 51.2 Å². The second-order valence-electron chi connectivity index (χ2n) is 6.10. The minimum absolute atomic E-state index is 0.345. The zero-order valence-electron chi connectivity index (χ0n) is 13.4. The first kappa shape index (κ1) is 15.4. The van der Waals surface area contributed by atoms with E-state index in [9.17, 15) is 5.11 Å². The molecular weight excluding hydrogens is 258 g/mol. The van der Waals surface area contributed by atoms with Gasteiger partial charge in [0.05, 0.1) is 0 Å². The first-order chi connectivity index (χ1) is 10.0. The van der Waals surface area contributed by atoms with Crippen molar-refractivity contribution in [2.24, 2.45) is 0 Å². The highest BCUT2D eigenvalue weighted by molar-refractivity contribution is 5.60. The Morgan fingerprint density at radius 2 is 1.43 bits per heavy atom. The van der Waals surface area contributed by atoms with Gasteiger partial charge in [0.15, 0.2) is 0 Å². The number of hydrogen-bond acceptors (Lipinski definition) is 2. The van der Waals surface area contributed by atoms with Crippen molar-refractivity contribution in [2.75, 3.05) is 5.32 Å². The topological polar surface area (TPSA) is 32.3 Å². The predicted octanol–water partition coefficient (Wildman–Crippen LogP) is 5.25. The molecule has 0 unspecified atom stereocenters. The molecule has 0 heterocycles. The first-order valence-electron chi connectivity index (χ1n) is 7.64. The monoisotopic (exact) mass is 283 g/mol. The molecule has 2 heteroatoms. The Morgan fingerprint density at radius 3 is 1.95 bits per heavy atom. The molecule has 0 amide bonds. The number of para-hydroxylation sites is 2. The van der Waals surface area contributed by atoms with Crippen molar-refractivity contribution in [3.63, 3.8) is 0 Å². The molecule has 0 radical (unpaired) electrons. The fourth-order valence-electron chi connectivity index (χ4n) is 2.60. The maximum Gasteiger partial charge on any atom is 0.120 e. The lowest BCUT2D eigenvalue weighted by molar-refractivity contribution is 0.469. The summed E-state index contributed by atoms with van der Waals surface area (Å²) >= 11 is 0. The van der Waals surface area contributed by atoms with Crippen molar-refractivity contribution < 1.29 is 5.11 Å². The van der Waals surface area contributed by atoms with Gasteiger partial charge in [-0.25, -0.2) is 0 Å². The van der Waals surface area contributed by atoms with Crippen molar-refractivity contribution >= 4 is 5.69 Å². The Hall–Kier alpha value is -1.96. The maximum atomic E-state index is 9.91. The molecule has 0 aliphatic carbocycles. The van der Waals surface area contributed by atoms with Gasteiger partial charge in [0.2, 0.25) is 0 Å². The van der Waals surface area contributed by atoms with E-state index < -0.39 is 0 Å². The Balaban J connectivity index is 2.32. The minimum Gasteiger partial charge on any atom is -0.508 e. The first-order valence-corrected chi connectivity index (χ1v) is 7.64. The molecule has 0 atom stereocenters. The number of aromatic hydroxyl groups is 1. The van der Waals surface area contributed by atoms with Crippen LogP contribution in [0.2, 0.25) is 0 Å². The molecule has 2 aromatic carbocycles. The largest absolute Gasteiger partial charge is 0.508 e. The van der Waals surface area contributed by atoms with Gasteiger partial charge in [0, 0.05) is 17.8 Å². The summed E-state index contributed by atoms with van der Waals surface area (Å²) in [4.78, 5) is 0. The minimum atomic E-state index is 0.345. The maximum absolute atomic E-state index is 9.91. The van der Waals surface area contributed by atoms with Crippen molar-refractivity contribution in [3.8, 4) is 5.75 Å². The molecular formula is C19H25NO. The lowest BCUT2D eigenvalue weighted by Gasteiger charge is -2.21. The normalized spacial score (nSPS) is 11.1. The van der Waals surface area contributed by atoms with E-state index in [1.165, 1.54) is 16.8 Å². The summed E-state index contributed by atoms with van der Waals surface area (Å²) in [5, 5.41) is 13.4. The average molecular weight is 283 g/mol. The van der Waals surface area contributed by atoms with E-state index in [1.54, 1.807) is 6.07 Å². The number of phenolic OH excluding ortho intramolecular Hbond substituents is 1. The SMILES string of the molecule is CC(C)c1cccc(C(C)C)c1NCc1ccccc1O. The molecule has 2 rings (SSSR count). The van der Waals surface area contributed by atoms with Gasteiger partial charge in [-0.2, -0.15) is 0 Å². The molecule has 0 saturated heterocycles. The van der Waals surface area contributed by atoms with Crippen LogP contribution < -0.4 is 5.32 Å². The number of phenols is 1. The quantitative estimate of drug-likeness (QED) is 0.785. The standard InChI is InChI=1S/C19H25NO/c1-13(2)16-9-7-10-17(14(3)4)19(16)20-12-15-8-5-6-11-18(15)21/h5-11,13-14,20-21H,12H2,1-4H3. The molecule has 2 aromatic rings. The number of anilines is 1. The van der Waals surface area contributed by atoms with Crippen LogP contribution in [0.1, 0.15) is 56.2 Å². The summed E-state index contributed by atoms with van der Waals surface area (Å²) in [6.45, 7) is 9.49. The van der Waals surface area contributed by atoms with Crippen LogP contribution in [0, 0.1) is 0 Å². The fraction of sp³-hybridized carbons (Fsp3) is 0.368. The molecule has 0 bridgehead atoms. The van der Waals surface area contributed by atoms with Crippen LogP contribution in [0.25, 0.3) is 0 Å². The van der Waals surface area contributed by atoms with Crippen LogP contribution in [-0.4, -0.2) is 5.11 Å². The molecule has 0 aliphatic rings. The fourth-order valence-corrected chi connectivity index (χ4v) is 2.60. The summed E-state index contributed by atoms with van der Waals surface area (Å²) < 4.78 is 0. The third-order valence-electron chi connectivity index (χ3n) is 3.82. The highest BCUT2D eigenvalue weighted by Gasteiger charge is 2.13. The number of nitrogens with one attached hydrogen (secondary N) is 1. The molecule has 2 nitrogen and oxygen atoms in total. The van der Waals surface area contributed by atoms with Crippen LogP contribution in [0.15, 0.2) is 42.5 Å². The van der Waals surface area contributed by atoms with E-state index in [0.717, 1.165) is 5.56 Å². The van der Waals surface area contributed by atoms with E-state index >= 15 is 0 Å². The van der Waals surface area contributed by atoms with Gasteiger partial charge in [0.1, 0.15) is 5.75 Å². The zero-order chi connectivity index (χ0) is 15.4. The number of hydrogen-bond donors (Lipinski definition) is 2. The van der Waals surface area contributed by atoms with Gasteiger partial charge in [-0.3, -0.25) is 0 Å². The van der Waals surface area contributed by atoms with Crippen molar-refractivity contribution in [1.29, 1.82) is 0 Å². The van der Waals surface area contributed by atoms with Crippen LogP contribution in [-0.2, 0) is 6.54 Å². The van der Waals surface area contributed by atoms with E-state index in [1.807, 2.05) is 18.2 Å². The van der Waals surface area contributed by atoms with Crippen LogP contribution in [0.3, 0.4) is 0 Å². The third kappa shape index (κ3) is 3.57. The molecule has 21 heavy (non-hydrogen) atoms. The Kier molecular flexibility index (Phi) is 4.89. The van der Waals surface area contributed by atoms with Crippen molar-refractivity contribution in [3.05, 3.63) is 59.2 Å². The Labute approximate surface area is 127 Å². The summed E-state index contributed by atoms with van der Waals surface area (Å²) in [6, 6.07) is 14.0. The number of benzene rings is 2. The number of rotatable bonds is 5. The molecule has 0 spiro atoms. The van der Waals surface area contributed by atoms with Crippen LogP contribution in [0.5, 0.6) is 5.75 Å². The summed E-state index contributed by atoms with van der Waals surface area (Å²) in [5.41, 5.74) is 4.80. The lowest BCUT2D eigenvalue weighted by atomic mass is 9.92. The smallest absolute Gasteiger partial charge is 0.120 e. The van der Waals surface area contributed by atoms with E-state index in [-0.39, 0.29) is 0 Å². The highest BCUT2D eigenvalue weighted by atomic mass is 16.3. The molecule has 112 valence electrons. The van der Waals surface area contributed by atoms with Gasteiger partial charge < -0.3 is 10.4 Å². The van der Waals surface area contributed by atoms with Crippen molar-refractivity contribution in [2.45, 2.75) is 46.1 Å². The molecule has 2 N–H and O–H groups in total. The third-order valence-corrected chi connectivity index (χ3v) is 3.82. The van der Waals surface area contributed by atoms with Gasteiger partial charge in [-0.1, -0.05) is 64.1 Å². The summed E-state index contributed by atoms with van der Waals surface area (Å²) in [7, 11) is 0. The molecule has 0 fully saturated rings. The van der Waals surface area contributed by atoms with Gasteiger partial charge in [0.25, 0.3) is 0 Å². The predicted molar refractivity (Wildman–Crippen MR) is 90.1 cm³/mol. The van der Waals surface area contributed by atoms with Gasteiger partial charge >= 0.3 is 0 Å². The second kappa shape index (κ2) is 6.66. The van der Waals surface area contributed by atoms with Crippen molar-refractivity contribution in [1.82, 2.24) is 0 Å². The van der Waals surface area contributed by atoms with Crippen LogP contribution >= 0.6 is 0 Å². The van der Waals surface area contributed by atoms with Gasteiger partial charge in [-0.05, 0) is 29.0 Å². The average Bonchev–Trinajstić information content (AvgIpc) is 2.45. The molecule has 0 aliphatic heterocycles. The van der Waals surface area contributed by atoms with E-state index in [0.29, 0.717) is 24.1 Å². The van der Waals surface area contributed by atoms with Crippen LogP contribution in [0.4, 0.5) is 5.69 Å².